The molecule has 1 aromatic carbocycles. The van der Waals surface area contributed by atoms with Crippen molar-refractivity contribution in [2.45, 2.75) is 25.8 Å². The zero-order valence-electron chi connectivity index (χ0n) is 11.4. The van der Waals surface area contributed by atoms with Gasteiger partial charge in [-0.1, -0.05) is 0 Å². The van der Waals surface area contributed by atoms with Crippen LogP contribution in [-0.2, 0) is 0 Å². The zero-order chi connectivity index (χ0) is 15.1. The normalized spacial score (nSPS) is 14.1. The van der Waals surface area contributed by atoms with Gasteiger partial charge in [0.1, 0.15) is 5.69 Å². The number of hydrogen-bond acceptors (Lipinski definition) is 3. The summed E-state index contributed by atoms with van der Waals surface area (Å²) in [5, 5.41) is 20.1. The highest BCUT2D eigenvalue weighted by Gasteiger charge is 2.30. The number of nitro benzene ring substituents is 1. The fourth-order valence-electron chi connectivity index (χ4n) is 2.60. The van der Waals surface area contributed by atoms with Crippen LogP contribution in [0.3, 0.4) is 0 Å². The first kappa shape index (κ1) is 13.4. The van der Waals surface area contributed by atoms with Crippen LogP contribution in [-0.4, -0.2) is 20.6 Å². The van der Waals surface area contributed by atoms with Gasteiger partial charge in [-0.05, 0) is 49.6 Å². The molecule has 0 saturated heterocycles. The Kier molecular flexibility index (Phi) is 3.01. The van der Waals surface area contributed by atoms with Crippen molar-refractivity contribution in [2.24, 2.45) is 0 Å². The van der Waals surface area contributed by atoms with Crippen molar-refractivity contribution < 1.29 is 14.8 Å². The second kappa shape index (κ2) is 4.73. The molecule has 1 saturated carbocycles. The molecule has 108 valence electrons. The maximum absolute atomic E-state index is 11.3. The highest BCUT2D eigenvalue weighted by molar-refractivity contribution is 5.87. The van der Waals surface area contributed by atoms with Gasteiger partial charge in [-0.15, -0.1) is 0 Å². The molecule has 0 radical (unpaired) electrons. The number of hydrogen-bond donors (Lipinski definition) is 1. The third-order valence-corrected chi connectivity index (χ3v) is 3.74. The van der Waals surface area contributed by atoms with Crippen LogP contribution in [0.4, 0.5) is 5.69 Å². The van der Waals surface area contributed by atoms with Gasteiger partial charge in [0, 0.05) is 23.4 Å². The van der Waals surface area contributed by atoms with E-state index in [-0.39, 0.29) is 17.4 Å². The Morgan fingerprint density at radius 2 is 2.05 bits per heavy atom. The first-order valence-electron chi connectivity index (χ1n) is 6.69. The summed E-state index contributed by atoms with van der Waals surface area (Å²) in [5.74, 6) is -0.952. The number of carboxylic acids is 1. The minimum absolute atomic E-state index is 0.0711. The maximum Gasteiger partial charge on any atom is 0.352 e. The molecule has 0 unspecified atom stereocenters. The molecular weight excluding hydrogens is 272 g/mol. The van der Waals surface area contributed by atoms with Crippen LogP contribution < -0.4 is 0 Å². The molecule has 21 heavy (non-hydrogen) atoms. The standard InChI is InChI=1S/C15H14N2O4/c1-9-8-10(2-5-12(9)17(20)21)13-6-7-14(15(18)19)16(13)11-3-4-11/h2,5-8,11H,3-4H2,1H3,(H,18,19). The second-order valence-electron chi connectivity index (χ2n) is 5.27. The van der Waals surface area contributed by atoms with Crippen molar-refractivity contribution in [1.82, 2.24) is 4.57 Å². The van der Waals surface area contributed by atoms with Crippen molar-refractivity contribution in [1.29, 1.82) is 0 Å². The predicted molar refractivity (Wildman–Crippen MR) is 76.5 cm³/mol. The van der Waals surface area contributed by atoms with E-state index in [0.29, 0.717) is 5.56 Å². The molecule has 0 amide bonds. The number of aromatic nitrogens is 1. The molecular formula is C15H14N2O4. The Bertz CT molecular complexity index is 744. The lowest BCUT2D eigenvalue weighted by Gasteiger charge is -2.11. The Morgan fingerprint density at radius 3 is 2.57 bits per heavy atom. The molecule has 1 aliphatic rings. The molecule has 1 fully saturated rings. The van der Waals surface area contributed by atoms with E-state index < -0.39 is 10.9 Å². The number of carbonyl (C=O) groups is 1. The van der Waals surface area contributed by atoms with Crippen LogP contribution in [0.2, 0.25) is 0 Å². The number of aromatic carboxylic acids is 1. The Labute approximate surface area is 120 Å². The van der Waals surface area contributed by atoms with Crippen LogP contribution in [0, 0.1) is 17.0 Å². The van der Waals surface area contributed by atoms with Crippen molar-refractivity contribution in [3.05, 3.63) is 51.7 Å². The maximum atomic E-state index is 11.3. The predicted octanol–water partition coefficient (Wildman–Crippen LogP) is 3.40. The van der Waals surface area contributed by atoms with Gasteiger partial charge in [0.2, 0.25) is 0 Å². The molecule has 1 N–H and O–H groups in total. The monoisotopic (exact) mass is 286 g/mol. The van der Waals surface area contributed by atoms with Gasteiger partial charge in [0.15, 0.2) is 0 Å². The number of nitro groups is 1. The summed E-state index contributed by atoms with van der Waals surface area (Å²) in [4.78, 5) is 21.8. The zero-order valence-corrected chi connectivity index (χ0v) is 11.4. The molecule has 6 heteroatoms. The molecule has 0 atom stereocenters. The van der Waals surface area contributed by atoms with Gasteiger partial charge in [-0.2, -0.15) is 0 Å². The average Bonchev–Trinajstić information content (AvgIpc) is 3.16. The third-order valence-electron chi connectivity index (χ3n) is 3.74. The smallest absolute Gasteiger partial charge is 0.352 e. The number of nitrogens with zero attached hydrogens (tertiary/aromatic N) is 2. The second-order valence-corrected chi connectivity index (χ2v) is 5.27. The largest absolute Gasteiger partial charge is 0.477 e. The molecule has 2 aromatic rings. The minimum atomic E-state index is -0.952. The minimum Gasteiger partial charge on any atom is -0.477 e. The Balaban J connectivity index is 2.11. The number of aryl methyl sites for hydroxylation is 1. The third kappa shape index (κ3) is 2.29. The highest BCUT2D eigenvalue weighted by Crippen LogP contribution is 2.41. The van der Waals surface area contributed by atoms with Crippen molar-refractivity contribution >= 4 is 11.7 Å². The molecule has 1 aliphatic carbocycles. The van der Waals surface area contributed by atoms with Crippen LogP contribution in [0.1, 0.15) is 34.9 Å². The van der Waals surface area contributed by atoms with E-state index in [2.05, 4.69) is 0 Å². The first-order chi connectivity index (χ1) is 9.99. The van der Waals surface area contributed by atoms with Gasteiger partial charge < -0.3 is 9.67 Å². The quantitative estimate of drug-likeness (QED) is 0.689. The lowest BCUT2D eigenvalue weighted by atomic mass is 10.1. The summed E-state index contributed by atoms with van der Waals surface area (Å²) in [7, 11) is 0. The van der Waals surface area contributed by atoms with Crippen molar-refractivity contribution in [3.8, 4) is 11.3 Å². The Hall–Kier alpha value is -2.63. The summed E-state index contributed by atoms with van der Waals surface area (Å²) in [6.45, 7) is 1.68. The fourth-order valence-corrected chi connectivity index (χ4v) is 2.60. The van der Waals surface area contributed by atoms with E-state index in [1.54, 1.807) is 31.2 Å². The Morgan fingerprint density at radius 1 is 1.33 bits per heavy atom. The summed E-state index contributed by atoms with van der Waals surface area (Å²) in [6.07, 6.45) is 1.93. The fraction of sp³-hybridized carbons (Fsp3) is 0.267. The summed E-state index contributed by atoms with van der Waals surface area (Å²) >= 11 is 0. The first-order valence-corrected chi connectivity index (χ1v) is 6.69. The van der Waals surface area contributed by atoms with E-state index in [1.165, 1.54) is 6.07 Å². The van der Waals surface area contributed by atoms with E-state index >= 15 is 0 Å². The van der Waals surface area contributed by atoms with Crippen LogP contribution in [0.5, 0.6) is 0 Å². The van der Waals surface area contributed by atoms with Crippen molar-refractivity contribution in [2.75, 3.05) is 0 Å². The van der Waals surface area contributed by atoms with E-state index in [0.717, 1.165) is 24.1 Å². The van der Waals surface area contributed by atoms with E-state index in [4.69, 9.17) is 0 Å². The summed E-state index contributed by atoms with van der Waals surface area (Å²) in [5.41, 5.74) is 2.51. The van der Waals surface area contributed by atoms with Gasteiger partial charge in [0.05, 0.1) is 4.92 Å². The number of carboxylic acid groups (broad SMARTS) is 1. The van der Waals surface area contributed by atoms with Gasteiger partial charge >= 0.3 is 5.97 Å². The lowest BCUT2D eigenvalue weighted by molar-refractivity contribution is -0.385. The number of benzene rings is 1. The van der Waals surface area contributed by atoms with Crippen LogP contribution >= 0.6 is 0 Å². The molecule has 1 aromatic heterocycles. The lowest BCUT2D eigenvalue weighted by Crippen LogP contribution is -2.08. The number of rotatable bonds is 4. The molecule has 0 spiro atoms. The van der Waals surface area contributed by atoms with Gasteiger partial charge in [-0.3, -0.25) is 10.1 Å². The van der Waals surface area contributed by atoms with E-state index in [1.807, 2.05) is 4.57 Å². The summed E-state index contributed by atoms with van der Waals surface area (Å²) in [6, 6.07) is 8.45. The van der Waals surface area contributed by atoms with Gasteiger partial charge in [0.25, 0.3) is 5.69 Å². The molecule has 0 bridgehead atoms. The van der Waals surface area contributed by atoms with Crippen molar-refractivity contribution in [3.63, 3.8) is 0 Å². The van der Waals surface area contributed by atoms with E-state index in [9.17, 15) is 20.0 Å². The van der Waals surface area contributed by atoms with Gasteiger partial charge in [-0.25, -0.2) is 4.79 Å². The average molecular weight is 286 g/mol. The molecule has 6 nitrogen and oxygen atoms in total. The SMILES string of the molecule is Cc1cc(-c2ccc(C(=O)O)n2C2CC2)ccc1[N+](=O)[O-]. The van der Waals surface area contributed by atoms with Crippen LogP contribution in [0.25, 0.3) is 11.3 Å². The highest BCUT2D eigenvalue weighted by atomic mass is 16.6. The topological polar surface area (TPSA) is 85.4 Å². The summed E-state index contributed by atoms with van der Waals surface area (Å²) < 4.78 is 1.82. The van der Waals surface area contributed by atoms with Crippen LogP contribution in [0.15, 0.2) is 30.3 Å². The molecule has 0 aliphatic heterocycles. The molecule has 1 heterocycles. The molecule has 3 rings (SSSR count).